The van der Waals surface area contributed by atoms with E-state index in [0.29, 0.717) is 0 Å². The highest BCUT2D eigenvalue weighted by atomic mass is 17.0. The van der Waals surface area contributed by atoms with Crippen molar-refractivity contribution >= 4 is 0 Å². The lowest BCUT2D eigenvalue weighted by Crippen LogP contribution is -2.46. The SMILES string of the molecule is C[C@@H](N)[C@@](O)(O[N+](=O)[O-])c1ccccc1. The Morgan fingerprint density at radius 2 is 2.07 bits per heavy atom. The van der Waals surface area contributed by atoms with Crippen molar-refractivity contribution < 1.29 is 15.0 Å². The molecular formula is C9H12N2O4. The molecule has 0 saturated heterocycles. The first-order valence-corrected chi connectivity index (χ1v) is 4.34. The maximum Gasteiger partial charge on any atom is 0.297 e. The number of aliphatic hydroxyl groups is 1. The molecule has 1 aromatic carbocycles. The molecule has 15 heavy (non-hydrogen) atoms. The Kier molecular flexibility index (Phi) is 3.23. The molecule has 0 saturated carbocycles. The summed E-state index contributed by atoms with van der Waals surface area (Å²) in [5.41, 5.74) is 5.72. The minimum absolute atomic E-state index is 0.247. The Morgan fingerprint density at radius 3 is 2.47 bits per heavy atom. The van der Waals surface area contributed by atoms with E-state index in [1.165, 1.54) is 19.1 Å². The van der Waals surface area contributed by atoms with Gasteiger partial charge < -0.3 is 10.8 Å². The van der Waals surface area contributed by atoms with Gasteiger partial charge in [0, 0.05) is 5.56 Å². The normalized spacial score (nSPS) is 16.5. The molecule has 0 aliphatic carbocycles. The maximum atomic E-state index is 10.3. The van der Waals surface area contributed by atoms with Crippen molar-refractivity contribution in [2.45, 2.75) is 18.8 Å². The molecule has 6 heteroatoms. The molecular weight excluding hydrogens is 200 g/mol. The fourth-order valence-electron chi connectivity index (χ4n) is 1.19. The predicted octanol–water partition coefficient (Wildman–Crippen LogP) is 0.387. The Labute approximate surface area is 86.4 Å². The van der Waals surface area contributed by atoms with Crippen LogP contribution in [0, 0.1) is 10.1 Å². The minimum Gasteiger partial charge on any atom is -0.361 e. The van der Waals surface area contributed by atoms with Crippen LogP contribution < -0.4 is 5.73 Å². The molecule has 0 unspecified atom stereocenters. The van der Waals surface area contributed by atoms with Crippen LogP contribution >= 0.6 is 0 Å². The molecule has 0 amide bonds. The third-order valence-electron chi connectivity index (χ3n) is 2.02. The molecule has 0 fully saturated rings. The second-order valence-corrected chi connectivity index (χ2v) is 3.17. The zero-order chi connectivity index (χ0) is 11.5. The third-order valence-corrected chi connectivity index (χ3v) is 2.02. The second kappa shape index (κ2) is 4.24. The molecule has 0 aliphatic rings. The highest BCUT2D eigenvalue weighted by Gasteiger charge is 2.38. The van der Waals surface area contributed by atoms with Crippen LogP contribution in [0.4, 0.5) is 0 Å². The van der Waals surface area contributed by atoms with E-state index in [4.69, 9.17) is 5.73 Å². The summed E-state index contributed by atoms with van der Waals surface area (Å²) in [6.45, 7) is 1.43. The van der Waals surface area contributed by atoms with Gasteiger partial charge in [-0.1, -0.05) is 30.3 Å². The summed E-state index contributed by atoms with van der Waals surface area (Å²) in [5, 5.41) is 19.1. The van der Waals surface area contributed by atoms with Gasteiger partial charge in [0.25, 0.3) is 10.9 Å². The Hall–Kier alpha value is -1.66. The average Bonchev–Trinajstić information content (AvgIpc) is 2.17. The zero-order valence-corrected chi connectivity index (χ0v) is 8.16. The van der Waals surface area contributed by atoms with E-state index in [1.807, 2.05) is 0 Å². The molecule has 0 bridgehead atoms. The van der Waals surface area contributed by atoms with E-state index in [9.17, 15) is 15.2 Å². The van der Waals surface area contributed by atoms with Crippen LogP contribution in [-0.2, 0) is 10.6 Å². The van der Waals surface area contributed by atoms with Gasteiger partial charge in [0.1, 0.15) is 0 Å². The fourth-order valence-corrected chi connectivity index (χ4v) is 1.19. The summed E-state index contributed by atoms with van der Waals surface area (Å²) in [5.74, 6) is -2.11. The summed E-state index contributed by atoms with van der Waals surface area (Å²) >= 11 is 0. The molecule has 0 aliphatic heterocycles. The first kappa shape index (κ1) is 11.4. The number of nitrogens with two attached hydrogens (primary N) is 1. The van der Waals surface area contributed by atoms with Crippen molar-refractivity contribution in [2.75, 3.05) is 0 Å². The Bertz CT molecular complexity index is 341. The first-order chi connectivity index (χ1) is 6.97. The number of rotatable bonds is 4. The third kappa shape index (κ3) is 2.42. The van der Waals surface area contributed by atoms with Crippen molar-refractivity contribution in [1.29, 1.82) is 0 Å². The molecule has 82 valence electrons. The van der Waals surface area contributed by atoms with Gasteiger partial charge in [-0.05, 0) is 6.92 Å². The van der Waals surface area contributed by atoms with E-state index >= 15 is 0 Å². The summed E-state index contributed by atoms with van der Waals surface area (Å²) in [7, 11) is 0. The van der Waals surface area contributed by atoms with E-state index in [-0.39, 0.29) is 5.56 Å². The van der Waals surface area contributed by atoms with Crippen LogP contribution in [0.1, 0.15) is 12.5 Å². The van der Waals surface area contributed by atoms with Crippen molar-refractivity contribution in [3.63, 3.8) is 0 Å². The Morgan fingerprint density at radius 1 is 1.53 bits per heavy atom. The van der Waals surface area contributed by atoms with Gasteiger partial charge >= 0.3 is 0 Å². The second-order valence-electron chi connectivity index (χ2n) is 3.17. The van der Waals surface area contributed by atoms with Gasteiger partial charge in [-0.3, -0.25) is 4.84 Å². The zero-order valence-electron chi connectivity index (χ0n) is 8.16. The highest BCUT2D eigenvalue weighted by Crippen LogP contribution is 2.25. The van der Waals surface area contributed by atoms with Gasteiger partial charge in [-0.2, -0.15) is 0 Å². The summed E-state index contributed by atoms with van der Waals surface area (Å²) in [6, 6.07) is 7.07. The lowest BCUT2D eigenvalue weighted by molar-refractivity contribution is -0.801. The van der Waals surface area contributed by atoms with Crippen molar-refractivity contribution in [3.05, 3.63) is 46.0 Å². The standard InChI is InChI=1S/C9H12N2O4/c1-7(10)9(12,15-11(13)14)8-5-3-2-4-6-8/h2-7,12H,10H2,1H3/t7-,9-/m1/s1. The number of nitrogens with zero attached hydrogens (tertiary/aromatic N) is 1. The minimum atomic E-state index is -2.11. The monoisotopic (exact) mass is 212 g/mol. The molecule has 1 rings (SSSR count). The van der Waals surface area contributed by atoms with Crippen molar-refractivity contribution in [3.8, 4) is 0 Å². The topological polar surface area (TPSA) is 98.6 Å². The number of benzene rings is 1. The van der Waals surface area contributed by atoms with Crippen LogP contribution in [0.3, 0.4) is 0 Å². The van der Waals surface area contributed by atoms with Crippen LogP contribution in [0.25, 0.3) is 0 Å². The molecule has 2 atom stereocenters. The summed E-state index contributed by atoms with van der Waals surface area (Å²) in [4.78, 5) is 14.5. The molecule has 1 aromatic rings. The lowest BCUT2D eigenvalue weighted by Gasteiger charge is -2.29. The molecule has 0 spiro atoms. The molecule has 0 heterocycles. The fraction of sp³-hybridized carbons (Fsp3) is 0.333. The summed E-state index contributed by atoms with van der Waals surface area (Å²) < 4.78 is 0. The van der Waals surface area contributed by atoms with E-state index in [0.717, 1.165) is 0 Å². The van der Waals surface area contributed by atoms with Crippen molar-refractivity contribution in [2.24, 2.45) is 5.73 Å². The number of hydrogen-bond acceptors (Lipinski definition) is 5. The average molecular weight is 212 g/mol. The van der Waals surface area contributed by atoms with E-state index in [2.05, 4.69) is 4.84 Å². The largest absolute Gasteiger partial charge is 0.361 e. The van der Waals surface area contributed by atoms with Crippen molar-refractivity contribution in [1.82, 2.24) is 0 Å². The quantitative estimate of drug-likeness (QED) is 0.427. The van der Waals surface area contributed by atoms with E-state index in [1.54, 1.807) is 18.2 Å². The maximum absolute atomic E-state index is 10.3. The molecule has 3 N–H and O–H groups in total. The van der Waals surface area contributed by atoms with Crippen LogP contribution in [0.15, 0.2) is 30.3 Å². The Balaban J connectivity index is 3.07. The van der Waals surface area contributed by atoms with Gasteiger partial charge in [-0.15, -0.1) is 10.1 Å². The van der Waals surface area contributed by atoms with Gasteiger partial charge in [-0.25, -0.2) is 0 Å². The first-order valence-electron chi connectivity index (χ1n) is 4.34. The van der Waals surface area contributed by atoms with Gasteiger partial charge in [0.2, 0.25) is 0 Å². The molecule has 6 nitrogen and oxygen atoms in total. The lowest BCUT2D eigenvalue weighted by atomic mass is 10.00. The smallest absolute Gasteiger partial charge is 0.297 e. The number of hydrogen-bond donors (Lipinski definition) is 2. The summed E-state index contributed by atoms with van der Waals surface area (Å²) in [6.07, 6.45) is 0. The van der Waals surface area contributed by atoms with Crippen LogP contribution in [-0.4, -0.2) is 16.2 Å². The van der Waals surface area contributed by atoms with E-state index < -0.39 is 16.9 Å². The predicted molar refractivity (Wildman–Crippen MR) is 52.1 cm³/mol. The van der Waals surface area contributed by atoms with Gasteiger partial charge in [0.05, 0.1) is 6.04 Å². The van der Waals surface area contributed by atoms with Crippen LogP contribution in [0.5, 0.6) is 0 Å². The molecule has 0 radical (unpaired) electrons. The van der Waals surface area contributed by atoms with Gasteiger partial charge in [0.15, 0.2) is 0 Å². The van der Waals surface area contributed by atoms with Crippen LogP contribution in [0.2, 0.25) is 0 Å². The molecule has 0 aromatic heterocycles. The highest BCUT2D eigenvalue weighted by molar-refractivity contribution is 5.21.